The average molecular weight is 337 g/mol. The molecular weight excluding hydrogens is 320 g/mol. The van der Waals surface area contributed by atoms with E-state index in [1.165, 1.54) is 12.4 Å². The molecule has 9 heteroatoms. The Morgan fingerprint density at radius 3 is 3.17 bits per heavy atom. The van der Waals surface area contributed by atoms with Crippen molar-refractivity contribution in [2.45, 2.75) is 19.1 Å². The number of carbonyl (C=O) groups excluding carboxylic acids is 1. The molecule has 3 N–H and O–H groups in total. The zero-order chi connectivity index (χ0) is 16.2. The summed E-state index contributed by atoms with van der Waals surface area (Å²) in [6.07, 6.45) is 3.13. The molecule has 23 heavy (non-hydrogen) atoms. The number of amides is 1. The lowest BCUT2D eigenvalue weighted by molar-refractivity contribution is 0.0835. The van der Waals surface area contributed by atoms with Gasteiger partial charge in [-0.05, 0) is 0 Å². The van der Waals surface area contributed by atoms with Crippen molar-refractivity contribution in [3.8, 4) is 0 Å². The quantitative estimate of drug-likeness (QED) is 0.664. The summed E-state index contributed by atoms with van der Waals surface area (Å²) in [5.41, 5.74) is 2.35. The molecule has 0 saturated heterocycles. The van der Waals surface area contributed by atoms with Crippen molar-refractivity contribution in [3.05, 3.63) is 41.0 Å². The van der Waals surface area contributed by atoms with Crippen LogP contribution in [0, 0.1) is 0 Å². The molecule has 8 nitrogen and oxygen atoms in total. The van der Waals surface area contributed by atoms with E-state index >= 15 is 0 Å². The van der Waals surface area contributed by atoms with Crippen molar-refractivity contribution in [1.29, 1.82) is 0 Å². The number of nitrogens with one attached hydrogen (secondary N) is 2. The number of rotatable bonds is 5. The predicted molar refractivity (Wildman–Crippen MR) is 83.0 cm³/mol. The van der Waals surface area contributed by atoms with E-state index in [0.717, 1.165) is 24.4 Å². The number of aliphatic hydroxyl groups excluding tert-OH is 1. The van der Waals surface area contributed by atoms with E-state index in [0.29, 0.717) is 13.1 Å². The third-order valence-electron chi connectivity index (χ3n) is 3.69. The number of hydrogen-bond donors (Lipinski definition) is 3. The molecule has 1 aliphatic rings. The van der Waals surface area contributed by atoms with Crippen LogP contribution in [0.5, 0.6) is 0 Å². The molecule has 1 aliphatic heterocycles. The SMILES string of the molecule is O=C(NCC(O)CN1CCc2[nH]cnc2C1)c1cc(Cl)ncn1. The number of β-amino-alcohol motifs (C(OH)–C–C–N with tert-alkyl or cyclic N) is 1. The molecular formula is C14H17ClN6O2. The summed E-state index contributed by atoms with van der Waals surface area (Å²) < 4.78 is 0. The Bertz CT molecular complexity index is 691. The van der Waals surface area contributed by atoms with E-state index in [1.54, 1.807) is 6.33 Å². The predicted octanol–water partition coefficient (Wildman–Crippen LogP) is 0.00210. The minimum Gasteiger partial charge on any atom is -0.390 e. The molecule has 3 heterocycles. The van der Waals surface area contributed by atoms with E-state index in [1.807, 2.05) is 0 Å². The van der Waals surface area contributed by atoms with E-state index in [2.05, 4.69) is 30.2 Å². The summed E-state index contributed by atoms with van der Waals surface area (Å²) in [6, 6.07) is 1.38. The molecule has 0 saturated carbocycles. The van der Waals surface area contributed by atoms with E-state index < -0.39 is 6.10 Å². The maximum Gasteiger partial charge on any atom is 0.270 e. The Morgan fingerprint density at radius 2 is 2.35 bits per heavy atom. The highest BCUT2D eigenvalue weighted by molar-refractivity contribution is 6.29. The number of aliphatic hydroxyl groups is 1. The van der Waals surface area contributed by atoms with E-state index in [4.69, 9.17) is 11.6 Å². The lowest BCUT2D eigenvalue weighted by Gasteiger charge is -2.28. The van der Waals surface area contributed by atoms with Gasteiger partial charge in [0.15, 0.2) is 0 Å². The maximum atomic E-state index is 11.9. The average Bonchev–Trinajstić information content (AvgIpc) is 3.00. The largest absolute Gasteiger partial charge is 0.390 e. The number of hydrogen-bond acceptors (Lipinski definition) is 6. The summed E-state index contributed by atoms with van der Waals surface area (Å²) >= 11 is 5.72. The smallest absolute Gasteiger partial charge is 0.270 e. The van der Waals surface area contributed by atoms with Gasteiger partial charge in [-0.15, -0.1) is 0 Å². The maximum absolute atomic E-state index is 11.9. The number of aromatic nitrogens is 4. The molecule has 3 rings (SSSR count). The first-order valence-electron chi connectivity index (χ1n) is 7.29. The molecule has 0 spiro atoms. The first-order valence-corrected chi connectivity index (χ1v) is 7.67. The Morgan fingerprint density at radius 1 is 1.48 bits per heavy atom. The van der Waals surface area contributed by atoms with E-state index in [9.17, 15) is 9.90 Å². The van der Waals surface area contributed by atoms with Gasteiger partial charge >= 0.3 is 0 Å². The van der Waals surface area contributed by atoms with Crippen molar-refractivity contribution < 1.29 is 9.90 Å². The highest BCUT2D eigenvalue weighted by Crippen LogP contribution is 2.14. The standard InChI is InChI=1S/C14H17ClN6O2/c15-13-3-11(18-8-20-13)14(23)16-4-9(22)5-21-2-1-10-12(6-21)19-7-17-10/h3,7-9,22H,1-2,4-6H2,(H,16,23)(H,17,19). The molecule has 1 amide bonds. The lowest BCUT2D eigenvalue weighted by atomic mass is 10.1. The van der Waals surface area contributed by atoms with Crippen LogP contribution in [-0.2, 0) is 13.0 Å². The van der Waals surface area contributed by atoms with Crippen LogP contribution in [0.2, 0.25) is 5.15 Å². The molecule has 0 fully saturated rings. The van der Waals surface area contributed by atoms with Gasteiger partial charge in [-0.1, -0.05) is 11.6 Å². The molecule has 2 aromatic rings. The molecule has 2 aromatic heterocycles. The number of carbonyl (C=O) groups is 1. The van der Waals surface area contributed by atoms with Crippen molar-refractivity contribution in [1.82, 2.24) is 30.2 Å². The fourth-order valence-electron chi connectivity index (χ4n) is 2.54. The summed E-state index contributed by atoms with van der Waals surface area (Å²) in [4.78, 5) is 29.0. The zero-order valence-electron chi connectivity index (χ0n) is 12.4. The first-order chi connectivity index (χ1) is 11.1. The van der Waals surface area contributed by atoms with Crippen molar-refractivity contribution >= 4 is 17.5 Å². The summed E-state index contributed by atoms with van der Waals surface area (Å²) in [6.45, 7) is 2.16. The van der Waals surface area contributed by atoms with Gasteiger partial charge in [0.05, 0.1) is 18.1 Å². The minimum absolute atomic E-state index is 0.143. The lowest BCUT2D eigenvalue weighted by Crippen LogP contribution is -2.42. The topological polar surface area (TPSA) is 107 Å². The van der Waals surface area contributed by atoms with Crippen LogP contribution in [0.1, 0.15) is 21.9 Å². The number of imidazole rings is 1. The Balaban J connectivity index is 1.47. The number of fused-ring (bicyclic) bond motifs is 1. The van der Waals surface area contributed by atoms with Gasteiger partial charge in [-0.3, -0.25) is 9.69 Å². The van der Waals surface area contributed by atoms with Gasteiger partial charge in [-0.2, -0.15) is 0 Å². The van der Waals surface area contributed by atoms with Crippen LogP contribution >= 0.6 is 11.6 Å². The second-order valence-electron chi connectivity index (χ2n) is 5.40. The number of halogens is 1. The van der Waals surface area contributed by atoms with Crippen LogP contribution in [0.25, 0.3) is 0 Å². The van der Waals surface area contributed by atoms with Crippen molar-refractivity contribution in [3.63, 3.8) is 0 Å². The third kappa shape index (κ3) is 4.04. The second-order valence-corrected chi connectivity index (χ2v) is 5.79. The molecule has 0 aromatic carbocycles. The van der Waals surface area contributed by atoms with Crippen LogP contribution in [0.15, 0.2) is 18.7 Å². The normalized spacial score (nSPS) is 15.9. The molecule has 122 valence electrons. The minimum atomic E-state index is -0.670. The second kappa shape index (κ2) is 7.03. The zero-order valence-corrected chi connectivity index (χ0v) is 13.1. The Hall–Kier alpha value is -2.03. The first kappa shape index (κ1) is 15.9. The van der Waals surface area contributed by atoms with Gasteiger partial charge in [0.2, 0.25) is 0 Å². The summed E-state index contributed by atoms with van der Waals surface area (Å²) in [5, 5.41) is 13.0. The van der Waals surface area contributed by atoms with Crippen LogP contribution in [0.3, 0.4) is 0 Å². The summed E-state index contributed by atoms with van der Waals surface area (Å²) in [7, 11) is 0. The molecule has 0 aliphatic carbocycles. The Kier molecular flexibility index (Phi) is 4.85. The number of aromatic amines is 1. The number of nitrogens with zero attached hydrogens (tertiary/aromatic N) is 4. The highest BCUT2D eigenvalue weighted by atomic mass is 35.5. The highest BCUT2D eigenvalue weighted by Gasteiger charge is 2.20. The van der Waals surface area contributed by atoms with E-state index in [-0.39, 0.29) is 23.3 Å². The van der Waals surface area contributed by atoms with Crippen LogP contribution < -0.4 is 5.32 Å². The fourth-order valence-corrected chi connectivity index (χ4v) is 2.69. The van der Waals surface area contributed by atoms with Crippen LogP contribution in [0.4, 0.5) is 0 Å². The number of H-pyrrole nitrogens is 1. The molecule has 0 bridgehead atoms. The molecule has 1 unspecified atom stereocenters. The monoisotopic (exact) mass is 336 g/mol. The molecule has 0 radical (unpaired) electrons. The Labute approximate surface area is 137 Å². The fraction of sp³-hybridized carbons (Fsp3) is 0.429. The van der Waals surface area contributed by atoms with Crippen molar-refractivity contribution in [2.24, 2.45) is 0 Å². The van der Waals surface area contributed by atoms with Gasteiger partial charge in [0.1, 0.15) is 17.2 Å². The third-order valence-corrected chi connectivity index (χ3v) is 3.90. The van der Waals surface area contributed by atoms with Gasteiger partial charge in [-0.25, -0.2) is 15.0 Å². The van der Waals surface area contributed by atoms with Gasteiger partial charge < -0.3 is 15.4 Å². The van der Waals surface area contributed by atoms with Crippen LogP contribution in [-0.4, -0.2) is 61.6 Å². The molecule has 1 atom stereocenters. The summed E-state index contributed by atoms with van der Waals surface area (Å²) in [5.74, 6) is -0.387. The van der Waals surface area contributed by atoms with Gasteiger partial charge in [0, 0.05) is 44.4 Å². The van der Waals surface area contributed by atoms with Gasteiger partial charge in [0.25, 0.3) is 5.91 Å². The van der Waals surface area contributed by atoms with Crippen molar-refractivity contribution in [2.75, 3.05) is 19.6 Å².